The van der Waals surface area contributed by atoms with Gasteiger partial charge in [0.25, 0.3) is 0 Å². The van der Waals surface area contributed by atoms with Crippen molar-refractivity contribution in [3.8, 4) is 5.75 Å². The average molecular weight is 325 g/mol. The van der Waals surface area contributed by atoms with Gasteiger partial charge in [-0.1, -0.05) is 59.8 Å². The van der Waals surface area contributed by atoms with Crippen LogP contribution in [0, 0.1) is 5.41 Å². The molecule has 0 aromatic heterocycles. The highest BCUT2D eigenvalue weighted by Crippen LogP contribution is 2.40. The summed E-state index contributed by atoms with van der Waals surface area (Å²) in [4.78, 5) is 0. The molecule has 0 saturated carbocycles. The third-order valence-corrected chi connectivity index (χ3v) is 3.98. The summed E-state index contributed by atoms with van der Waals surface area (Å²) < 4.78 is 0. The fraction of sp³-hybridized carbons (Fsp3) is 0.400. The summed E-state index contributed by atoms with van der Waals surface area (Å²) in [5.74, 6) is 0.210. The van der Waals surface area contributed by atoms with E-state index in [0.717, 1.165) is 11.1 Å². The lowest BCUT2D eigenvalue weighted by Gasteiger charge is -2.27. The zero-order chi connectivity index (χ0) is 18.1. The Bertz CT molecular complexity index is 741. The minimum atomic E-state index is -0.185. The van der Waals surface area contributed by atoms with Crippen molar-refractivity contribution in [3.05, 3.63) is 47.6 Å². The van der Waals surface area contributed by atoms with E-state index >= 15 is 0 Å². The normalized spacial score (nSPS) is 16.8. The lowest BCUT2D eigenvalue weighted by Crippen LogP contribution is -2.17. The highest BCUT2D eigenvalue weighted by Gasteiger charge is 2.25. The van der Waals surface area contributed by atoms with Crippen LogP contribution in [0.3, 0.4) is 0 Å². The van der Waals surface area contributed by atoms with Crippen LogP contribution in [0.1, 0.15) is 52.7 Å². The van der Waals surface area contributed by atoms with Gasteiger partial charge in [-0.25, -0.2) is 0 Å². The lowest BCUT2D eigenvalue weighted by atomic mass is 9.80. The van der Waals surface area contributed by atoms with Crippen molar-refractivity contribution in [2.75, 3.05) is 5.43 Å². The molecule has 2 rings (SSSR count). The molecule has 0 unspecified atom stereocenters. The quantitative estimate of drug-likeness (QED) is 0.411. The Labute approximate surface area is 144 Å². The second-order valence-electron chi connectivity index (χ2n) is 8.16. The maximum Gasteiger partial charge on any atom is 0.144 e. The minimum Gasteiger partial charge on any atom is -0.505 e. The van der Waals surface area contributed by atoms with E-state index in [4.69, 9.17) is 5.41 Å². The summed E-state index contributed by atoms with van der Waals surface area (Å²) in [6.45, 7) is 12.7. The first-order valence-corrected chi connectivity index (χ1v) is 8.15. The van der Waals surface area contributed by atoms with Gasteiger partial charge in [-0.05, 0) is 34.6 Å². The SMILES string of the molecule is CC(C)(C)c1cc(N/N=C2/C=CC=CC2=N)c(O)c(C(C)(C)C)c1. The number of hydrogen-bond donors (Lipinski definition) is 3. The van der Waals surface area contributed by atoms with E-state index < -0.39 is 0 Å². The third-order valence-electron chi connectivity index (χ3n) is 3.98. The van der Waals surface area contributed by atoms with Crippen LogP contribution in [-0.4, -0.2) is 16.5 Å². The van der Waals surface area contributed by atoms with E-state index in [1.807, 2.05) is 12.1 Å². The predicted octanol–water partition coefficient (Wildman–Crippen LogP) is 4.90. The van der Waals surface area contributed by atoms with Crippen LogP contribution < -0.4 is 5.43 Å². The van der Waals surface area contributed by atoms with E-state index in [1.165, 1.54) is 0 Å². The molecule has 0 atom stereocenters. The molecule has 0 saturated heterocycles. The van der Waals surface area contributed by atoms with Crippen LogP contribution in [0.15, 0.2) is 41.5 Å². The van der Waals surface area contributed by atoms with Crippen LogP contribution in [0.4, 0.5) is 5.69 Å². The summed E-state index contributed by atoms with van der Waals surface area (Å²) in [5.41, 5.74) is 6.17. The summed E-state index contributed by atoms with van der Waals surface area (Å²) in [5, 5.41) is 22.9. The standard InChI is InChI=1S/C20H27N3O/c1-19(2,3)13-11-14(20(4,5)6)18(24)17(12-13)23-22-16-10-8-7-9-15(16)21/h7-12,21,23-24H,1-6H3/b21-15?,22-16-. The van der Waals surface area contributed by atoms with Crippen molar-refractivity contribution in [1.82, 2.24) is 0 Å². The smallest absolute Gasteiger partial charge is 0.144 e. The van der Waals surface area contributed by atoms with E-state index in [-0.39, 0.29) is 16.6 Å². The lowest BCUT2D eigenvalue weighted by molar-refractivity contribution is 0.446. The fourth-order valence-corrected chi connectivity index (χ4v) is 2.42. The first kappa shape index (κ1) is 18.0. The molecule has 3 N–H and O–H groups in total. The molecule has 4 nitrogen and oxygen atoms in total. The number of rotatable bonds is 2. The molecular weight excluding hydrogens is 298 g/mol. The number of hydrogen-bond acceptors (Lipinski definition) is 4. The van der Waals surface area contributed by atoms with Crippen LogP contribution in [0.2, 0.25) is 0 Å². The molecule has 0 aliphatic heterocycles. The topological polar surface area (TPSA) is 68.5 Å². The van der Waals surface area contributed by atoms with Gasteiger partial charge >= 0.3 is 0 Å². The highest BCUT2D eigenvalue weighted by atomic mass is 16.3. The summed E-state index contributed by atoms with van der Waals surface area (Å²) in [6.07, 6.45) is 7.10. The molecule has 0 amide bonds. The monoisotopic (exact) mass is 325 g/mol. The molecule has 1 aliphatic carbocycles. The highest BCUT2D eigenvalue weighted by molar-refractivity contribution is 6.50. The number of hydrazone groups is 1. The van der Waals surface area contributed by atoms with Gasteiger partial charge < -0.3 is 5.11 Å². The van der Waals surface area contributed by atoms with Gasteiger partial charge in [-0.3, -0.25) is 10.8 Å². The molecular formula is C20H27N3O. The maximum absolute atomic E-state index is 10.7. The molecule has 128 valence electrons. The Morgan fingerprint density at radius 2 is 1.58 bits per heavy atom. The first-order chi connectivity index (χ1) is 11.0. The number of allylic oxidation sites excluding steroid dienone is 4. The zero-order valence-electron chi connectivity index (χ0n) is 15.4. The van der Waals surface area contributed by atoms with Crippen molar-refractivity contribution in [2.24, 2.45) is 5.10 Å². The van der Waals surface area contributed by atoms with Crippen molar-refractivity contribution < 1.29 is 5.11 Å². The van der Waals surface area contributed by atoms with Crippen molar-refractivity contribution >= 4 is 17.1 Å². The number of nitrogens with zero attached hydrogens (tertiary/aromatic N) is 1. The Morgan fingerprint density at radius 3 is 2.12 bits per heavy atom. The van der Waals surface area contributed by atoms with E-state index in [0.29, 0.717) is 17.1 Å². The Kier molecular flexibility index (Phi) is 4.70. The third kappa shape index (κ3) is 3.94. The number of nitrogens with one attached hydrogen (secondary N) is 2. The number of anilines is 1. The fourth-order valence-electron chi connectivity index (χ4n) is 2.42. The number of benzene rings is 1. The van der Waals surface area contributed by atoms with Crippen molar-refractivity contribution in [2.45, 2.75) is 52.4 Å². The predicted molar refractivity (Wildman–Crippen MR) is 103 cm³/mol. The molecule has 0 bridgehead atoms. The van der Waals surface area contributed by atoms with Gasteiger partial charge in [0.15, 0.2) is 0 Å². The molecule has 0 fully saturated rings. The van der Waals surface area contributed by atoms with Gasteiger partial charge in [-0.15, -0.1) is 0 Å². The molecule has 0 spiro atoms. The molecule has 1 aromatic rings. The van der Waals surface area contributed by atoms with Crippen molar-refractivity contribution in [3.63, 3.8) is 0 Å². The minimum absolute atomic E-state index is 0.0442. The van der Waals surface area contributed by atoms with Crippen LogP contribution >= 0.6 is 0 Å². The van der Waals surface area contributed by atoms with Gasteiger partial charge in [-0.2, -0.15) is 5.10 Å². The Hall–Kier alpha value is -2.36. The molecule has 24 heavy (non-hydrogen) atoms. The summed E-state index contributed by atoms with van der Waals surface area (Å²) >= 11 is 0. The number of aromatic hydroxyl groups is 1. The Balaban J connectivity index is 2.49. The van der Waals surface area contributed by atoms with Crippen LogP contribution in [0.5, 0.6) is 5.75 Å². The van der Waals surface area contributed by atoms with E-state index in [9.17, 15) is 5.11 Å². The largest absolute Gasteiger partial charge is 0.505 e. The maximum atomic E-state index is 10.7. The molecule has 1 aliphatic rings. The second-order valence-corrected chi connectivity index (χ2v) is 8.16. The van der Waals surface area contributed by atoms with Crippen LogP contribution in [-0.2, 0) is 10.8 Å². The molecule has 1 aromatic carbocycles. The number of phenolic OH excluding ortho intramolecular Hbond substituents is 1. The average Bonchev–Trinajstić information content (AvgIpc) is 2.45. The first-order valence-electron chi connectivity index (χ1n) is 8.15. The van der Waals surface area contributed by atoms with Crippen LogP contribution in [0.25, 0.3) is 0 Å². The zero-order valence-corrected chi connectivity index (χ0v) is 15.4. The summed E-state index contributed by atoms with van der Waals surface area (Å²) in [7, 11) is 0. The Morgan fingerprint density at radius 1 is 0.958 bits per heavy atom. The molecule has 4 heteroatoms. The van der Waals surface area contributed by atoms with E-state index in [1.54, 1.807) is 18.2 Å². The summed E-state index contributed by atoms with van der Waals surface area (Å²) in [6, 6.07) is 4.00. The van der Waals surface area contributed by atoms with Crippen molar-refractivity contribution in [1.29, 1.82) is 5.41 Å². The number of phenols is 1. The molecule has 0 heterocycles. The second kappa shape index (κ2) is 6.27. The van der Waals surface area contributed by atoms with Gasteiger partial charge in [0.05, 0.1) is 11.4 Å². The molecule has 0 radical (unpaired) electrons. The van der Waals surface area contributed by atoms with Gasteiger partial charge in [0.2, 0.25) is 0 Å². The van der Waals surface area contributed by atoms with Gasteiger partial charge in [0, 0.05) is 5.56 Å². The van der Waals surface area contributed by atoms with Gasteiger partial charge in [0.1, 0.15) is 11.5 Å². The van der Waals surface area contributed by atoms with E-state index in [2.05, 4.69) is 58.1 Å².